The van der Waals surface area contributed by atoms with Crippen LogP contribution in [0.5, 0.6) is 0 Å². The summed E-state index contributed by atoms with van der Waals surface area (Å²) in [6.45, 7) is 1.35. The summed E-state index contributed by atoms with van der Waals surface area (Å²) in [4.78, 5) is 9.84. The lowest BCUT2D eigenvalue weighted by Gasteiger charge is -2.03. The molecule has 0 amide bonds. The molecule has 0 spiro atoms. The molecule has 0 fully saturated rings. The van der Waals surface area contributed by atoms with Gasteiger partial charge in [-0.05, 0) is 17.5 Å². The highest BCUT2D eigenvalue weighted by atomic mass is 32.1. The first-order chi connectivity index (χ1) is 9.86. The number of thiophene rings is 1. The second kappa shape index (κ2) is 5.98. The van der Waals surface area contributed by atoms with Crippen LogP contribution < -0.4 is 5.32 Å². The van der Waals surface area contributed by atoms with Crippen molar-refractivity contribution >= 4 is 27.4 Å². The molecule has 0 aliphatic heterocycles. The number of hydrogen-bond donors (Lipinski definition) is 1. The van der Waals surface area contributed by atoms with Crippen LogP contribution in [0.3, 0.4) is 0 Å². The minimum absolute atomic E-state index is 0.631. The van der Waals surface area contributed by atoms with E-state index in [2.05, 4.69) is 45.6 Å². The number of fused-ring (bicyclic) bond motifs is 1. The fourth-order valence-electron chi connectivity index (χ4n) is 1.94. The van der Waals surface area contributed by atoms with Crippen molar-refractivity contribution in [1.82, 2.24) is 9.97 Å². The number of aromatic nitrogens is 2. The Kier molecular flexibility index (Phi) is 3.90. The van der Waals surface area contributed by atoms with Gasteiger partial charge in [0.2, 0.25) is 5.95 Å². The van der Waals surface area contributed by atoms with Crippen LogP contribution in [-0.4, -0.2) is 30.2 Å². The minimum atomic E-state index is 0.631. The van der Waals surface area contributed by atoms with E-state index in [-0.39, 0.29) is 0 Å². The number of rotatable bonds is 5. The number of nitrogens with zero attached hydrogens (tertiary/aromatic N) is 2. The molecule has 0 atom stereocenters. The van der Waals surface area contributed by atoms with Gasteiger partial charge in [-0.25, -0.2) is 9.97 Å². The molecule has 0 bridgehead atoms. The first-order valence-electron chi connectivity index (χ1n) is 6.40. The van der Waals surface area contributed by atoms with E-state index in [0.29, 0.717) is 19.1 Å². The molecule has 1 aromatic carbocycles. The molecule has 0 saturated heterocycles. The molecule has 1 N–H and O–H groups in total. The van der Waals surface area contributed by atoms with Gasteiger partial charge in [-0.15, -0.1) is 11.3 Å². The monoisotopic (exact) mass is 285 g/mol. The molecule has 20 heavy (non-hydrogen) atoms. The van der Waals surface area contributed by atoms with E-state index in [1.807, 2.05) is 12.4 Å². The van der Waals surface area contributed by atoms with Crippen LogP contribution in [0.4, 0.5) is 5.95 Å². The Hall–Kier alpha value is -1.98. The van der Waals surface area contributed by atoms with Crippen LogP contribution in [0.25, 0.3) is 20.5 Å². The van der Waals surface area contributed by atoms with E-state index in [4.69, 9.17) is 4.74 Å². The zero-order valence-corrected chi connectivity index (χ0v) is 12.0. The molecule has 0 saturated carbocycles. The largest absolute Gasteiger partial charge is 0.383 e. The number of hydrogen-bond acceptors (Lipinski definition) is 5. The predicted octanol–water partition coefficient (Wildman–Crippen LogP) is 3.42. The Balaban J connectivity index is 1.79. The van der Waals surface area contributed by atoms with Gasteiger partial charge in [0.1, 0.15) is 0 Å². The maximum absolute atomic E-state index is 4.97. The first kappa shape index (κ1) is 13.0. The fourth-order valence-corrected chi connectivity index (χ4v) is 2.97. The van der Waals surface area contributed by atoms with Crippen LogP contribution in [0, 0.1) is 0 Å². The molecule has 0 aliphatic rings. The van der Waals surface area contributed by atoms with Crippen LogP contribution in [0.15, 0.2) is 42.7 Å². The molecular weight excluding hydrogens is 270 g/mol. The first-order valence-corrected chi connectivity index (χ1v) is 7.22. The number of ether oxygens (including phenoxy) is 1. The van der Waals surface area contributed by atoms with Gasteiger partial charge in [-0.3, -0.25) is 0 Å². The SMILES string of the molecule is COCCNc1ncc(-c2cc3ccccc3s2)cn1. The molecule has 0 unspecified atom stereocenters. The molecule has 3 aromatic rings. The van der Waals surface area contributed by atoms with Gasteiger partial charge in [0.05, 0.1) is 6.61 Å². The number of nitrogens with one attached hydrogen (secondary N) is 1. The van der Waals surface area contributed by atoms with Crippen molar-refractivity contribution in [2.24, 2.45) is 0 Å². The highest BCUT2D eigenvalue weighted by Gasteiger charge is 2.05. The third-order valence-electron chi connectivity index (χ3n) is 2.95. The minimum Gasteiger partial charge on any atom is -0.383 e. The van der Waals surface area contributed by atoms with E-state index < -0.39 is 0 Å². The summed E-state index contributed by atoms with van der Waals surface area (Å²) in [6, 6.07) is 10.5. The lowest BCUT2D eigenvalue weighted by Crippen LogP contribution is -2.09. The maximum Gasteiger partial charge on any atom is 0.222 e. The van der Waals surface area contributed by atoms with Crippen molar-refractivity contribution < 1.29 is 4.74 Å². The van der Waals surface area contributed by atoms with Gasteiger partial charge < -0.3 is 10.1 Å². The third kappa shape index (κ3) is 2.79. The lowest BCUT2D eigenvalue weighted by atomic mass is 10.2. The molecular formula is C15H15N3OS. The lowest BCUT2D eigenvalue weighted by molar-refractivity contribution is 0.210. The van der Waals surface area contributed by atoms with E-state index in [1.54, 1.807) is 18.4 Å². The Morgan fingerprint density at radius 2 is 2.00 bits per heavy atom. The summed E-state index contributed by atoms with van der Waals surface area (Å²) >= 11 is 1.76. The van der Waals surface area contributed by atoms with Crippen molar-refractivity contribution in [3.05, 3.63) is 42.7 Å². The summed E-state index contributed by atoms with van der Waals surface area (Å²) in [7, 11) is 1.67. The predicted molar refractivity (Wildman–Crippen MR) is 83.2 cm³/mol. The summed E-state index contributed by atoms with van der Waals surface area (Å²) in [5.41, 5.74) is 1.04. The van der Waals surface area contributed by atoms with Gasteiger partial charge >= 0.3 is 0 Å². The second-order valence-electron chi connectivity index (χ2n) is 4.36. The van der Waals surface area contributed by atoms with Gasteiger partial charge in [0.15, 0.2) is 0 Å². The van der Waals surface area contributed by atoms with Gasteiger partial charge in [0.25, 0.3) is 0 Å². The van der Waals surface area contributed by atoms with Crippen LogP contribution in [0.1, 0.15) is 0 Å². The normalized spacial score (nSPS) is 10.8. The van der Waals surface area contributed by atoms with Crippen LogP contribution >= 0.6 is 11.3 Å². The molecule has 4 nitrogen and oxygen atoms in total. The van der Waals surface area contributed by atoms with Crippen molar-refractivity contribution in [1.29, 1.82) is 0 Å². The number of methoxy groups -OCH3 is 1. The van der Waals surface area contributed by atoms with Crippen LogP contribution in [-0.2, 0) is 4.74 Å². The zero-order valence-electron chi connectivity index (χ0n) is 11.2. The Morgan fingerprint density at radius 1 is 1.20 bits per heavy atom. The topological polar surface area (TPSA) is 47.0 Å². The summed E-state index contributed by atoms with van der Waals surface area (Å²) < 4.78 is 6.26. The van der Waals surface area contributed by atoms with E-state index in [0.717, 1.165) is 5.56 Å². The average Bonchev–Trinajstić information content (AvgIpc) is 2.92. The zero-order chi connectivity index (χ0) is 13.8. The fraction of sp³-hybridized carbons (Fsp3) is 0.200. The van der Waals surface area contributed by atoms with Gasteiger partial charge in [-0.1, -0.05) is 18.2 Å². The Bertz CT molecular complexity index is 661. The van der Waals surface area contributed by atoms with Crippen molar-refractivity contribution in [2.75, 3.05) is 25.6 Å². The van der Waals surface area contributed by atoms with Gasteiger partial charge in [0, 0.05) is 41.2 Å². The van der Waals surface area contributed by atoms with Crippen molar-refractivity contribution in [2.45, 2.75) is 0 Å². The van der Waals surface area contributed by atoms with E-state index >= 15 is 0 Å². The average molecular weight is 285 g/mol. The molecule has 2 heterocycles. The smallest absolute Gasteiger partial charge is 0.222 e. The summed E-state index contributed by atoms with van der Waals surface area (Å²) in [6.07, 6.45) is 3.71. The molecule has 5 heteroatoms. The molecule has 0 aliphatic carbocycles. The number of anilines is 1. The maximum atomic E-state index is 4.97. The quantitative estimate of drug-likeness (QED) is 0.730. The van der Waals surface area contributed by atoms with Gasteiger partial charge in [-0.2, -0.15) is 0 Å². The Morgan fingerprint density at radius 3 is 2.75 bits per heavy atom. The van der Waals surface area contributed by atoms with Crippen LogP contribution in [0.2, 0.25) is 0 Å². The van der Waals surface area contributed by atoms with Crippen molar-refractivity contribution in [3.63, 3.8) is 0 Å². The highest BCUT2D eigenvalue weighted by Crippen LogP contribution is 2.32. The molecule has 102 valence electrons. The molecule has 2 aromatic heterocycles. The van der Waals surface area contributed by atoms with E-state index in [1.165, 1.54) is 15.0 Å². The third-order valence-corrected chi connectivity index (χ3v) is 4.12. The number of benzene rings is 1. The molecule has 3 rings (SSSR count). The summed E-state index contributed by atoms with van der Waals surface area (Å²) in [5, 5.41) is 4.37. The molecule has 0 radical (unpaired) electrons. The summed E-state index contributed by atoms with van der Waals surface area (Å²) in [5.74, 6) is 0.631. The highest BCUT2D eigenvalue weighted by molar-refractivity contribution is 7.22. The van der Waals surface area contributed by atoms with E-state index in [9.17, 15) is 0 Å². The van der Waals surface area contributed by atoms with Crippen molar-refractivity contribution in [3.8, 4) is 10.4 Å². The Labute approximate surface area is 121 Å². The second-order valence-corrected chi connectivity index (χ2v) is 5.45. The standard InChI is InChI=1S/C15H15N3OS/c1-19-7-6-16-15-17-9-12(10-18-15)14-8-11-4-2-3-5-13(11)20-14/h2-5,8-10H,6-7H2,1H3,(H,16,17,18).